The molecule has 8 heteroatoms. The van der Waals surface area contributed by atoms with Crippen LogP contribution in [0, 0.1) is 0 Å². The minimum absolute atomic E-state index is 0.155. The summed E-state index contributed by atoms with van der Waals surface area (Å²) in [5.74, 6) is 1.84. The van der Waals surface area contributed by atoms with E-state index in [0.29, 0.717) is 11.6 Å². The highest BCUT2D eigenvalue weighted by Gasteiger charge is 2.30. The van der Waals surface area contributed by atoms with Crippen LogP contribution in [0.4, 0.5) is 11.6 Å². The van der Waals surface area contributed by atoms with Gasteiger partial charge >= 0.3 is 0 Å². The van der Waals surface area contributed by atoms with E-state index in [1.54, 1.807) is 33.8 Å². The number of hydrogen-bond acceptors (Lipinski definition) is 6. The Morgan fingerprint density at radius 2 is 1.54 bits per heavy atom. The molecule has 37 heavy (non-hydrogen) atoms. The number of nitrogens with one attached hydrogen (secondary N) is 1. The number of fused-ring (bicyclic) bond motifs is 3. The van der Waals surface area contributed by atoms with Gasteiger partial charge in [-0.1, -0.05) is 36.4 Å². The van der Waals surface area contributed by atoms with Crippen LogP contribution in [0.15, 0.2) is 114 Å². The van der Waals surface area contributed by atoms with E-state index in [4.69, 9.17) is 9.72 Å². The van der Waals surface area contributed by atoms with Crippen LogP contribution in [0.25, 0.3) is 16.7 Å². The van der Waals surface area contributed by atoms with E-state index in [1.165, 1.54) is 0 Å². The van der Waals surface area contributed by atoms with E-state index < -0.39 is 6.04 Å². The molecule has 0 saturated carbocycles. The minimum atomic E-state index is -0.395. The first-order valence-electron chi connectivity index (χ1n) is 11.9. The fourth-order valence-corrected chi connectivity index (χ4v) is 4.76. The number of ether oxygens (including phenoxy) is 1. The van der Waals surface area contributed by atoms with Crippen molar-refractivity contribution in [2.45, 2.75) is 6.04 Å². The molecule has 0 amide bonds. The molecule has 0 aliphatic carbocycles. The standard InChI is InChI=1S/C29H20N6O2/c36-26-15-10-19-18-30-29(32-20-11-13-21(14-12-20)34-17-5-16-31-34)33-28(19)35(26)27-22-6-1-3-8-24(22)37-25-9-4-2-7-23(25)27/h1-18,27H,(H,30,32,33). The van der Waals surface area contributed by atoms with Crippen molar-refractivity contribution < 1.29 is 4.74 Å². The van der Waals surface area contributed by atoms with Gasteiger partial charge in [0.2, 0.25) is 5.95 Å². The zero-order chi connectivity index (χ0) is 24.8. The number of aromatic nitrogens is 5. The summed E-state index contributed by atoms with van der Waals surface area (Å²) >= 11 is 0. The lowest BCUT2D eigenvalue weighted by Crippen LogP contribution is -2.28. The molecule has 178 valence electrons. The highest BCUT2D eigenvalue weighted by Crippen LogP contribution is 2.44. The first-order chi connectivity index (χ1) is 18.2. The molecule has 3 aromatic carbocycles. The number of hydrogen-bond donors (Lipinski definition) is 1. The molecule has 0 saturated heterocycles. The van der Waals surface area contributed by atoms with Crippen LogP contribution in [0.2, 0.25) is 0 Å². The fraction of sp³-hybridized carbons (Fsp3) is 0.0345. The Bertz CT molecular complexity index is 1760. The lowest BCUT2D eigenvalue weighted by Gasteiger charge is -2.30. The second-order valence-corrected chi connectivity index (χ2v) is 8.72. The summed E-state index contributed by atoms with van der Waals surface area (Å²) < 4.78 is 9.67. The van der Waals surface area contributed by atoms with E-state index in [9.17, 15) is 4.79 Å². The molecular weight excluding hydrogens is 464 g/mol. The zero-order valence-corrected chi connectivity index (χ0v) is 19.5. The van der Waals surface area contributed by atoms with Crippen molar-refractivity contribution >= 4 is 22.7 Å². The third kappa shape index (κ3) is 3.63. The van der Waals surface area contributed by atoms with Crippen LogP contribution in [-0.4, -0.2) is 24.3 Å². The molecule has 7 rings (SSSR count). The van der Waals surface area contributed by atoms with Gasteiger partial charge < -0.3 is 10.1 Å². The van der Waals surface area contributed by atoms with Crippen LogP contribution in [0.3, 0.4) is 0 Å². The molecule has 3 aromatic heterocycles. The van der Waals surface area contributed by atoms with Gasteiger partial charge in [0.05, 0.1) is 11.7 Å². The molecular formula is C29H20N6O2. The van der Waals surface area contributed by atoms with Crippen LogP contribution < -0.4 is 15.6 Å². The van der Waals surface area contributed by atoms with Gasteiger partial charge in [0.25, 0.3) is 5.56 Å². The van der Waals surface area contributed by atoms with E-state index in [-0.39, 0.29) is 5.56 Å². The van der Waals surface area contributed by atoms with Gasteiger partial charge in [-0.15, -0.1) is 0 Å². The van der Waals surface area contributed by atoms with Crippen LogP contribution in [-0.2, 0) is 0 Å². The van der Waals surface area contributed by atoms with Crippen molar-refractivity contribution in [2.75, 3.05) is 5.32 Å². The van der Waals surface area contributed by atoms with Gasteiger partial charge in [-0.3, -0.25) is 9.36 Å². The molecule has 0 fully saturated rings. The summed E-state index contributed by atoms with van der Waals surface area (Å²) in [6.45, 7) is 0. The summed E-state index contributed by atoms with van der Waals surface area (Å²) in [6.07, 6.45) is 5.36. The second-order valence-electron chi connectivity index (χ2n) is 8.72. The van der Waals surface area contributed by atoms with E-state index in [2.05, 4.69) is 15.4 Å². The van der Waals surface area contributed by atoms with Crippen LogP contribution in [0.5, 0.6) is 11.5 Å². The van der Waals surface area contributed by atoms with Crippen molar-refractivity contribution in [3.63, 3.8) is 0 Å². The van der Waals surface area contributed by atoms with Crippen molar-refractivity contribution in [1.29, 1.82) is 0 Å². The normalized spacial score (nSPS) is 12.5. The van der Waals surface area contributed by atoms with Crippen LogP contribution >= 0.6 is 0 Å². The number of para-hydroxylation sites is 2. The number of rotatable bonds is 4. The molecule has 1 aliphatic heterocycles. The van der Waals surface area contributed by atoms with E-state index >= 15 is 0 Å². The SMILES string of the molecule is O=c1ccc2cnc(Nc3ccc(-n4cccn4)cc3)nc2n1C1c2ccccc2Oc2ccccc21. The summed E-state index contributed by atoms with van der Waals surface area (Å²) in [5, 5.41) is 8.29. The Morgan fingerprint density at radius 3 is 2.24 bits per heavy atom. The lowest BCUT2D eigenvalue weighted by atomic mass is 9.94. The molecule has 6 aromatic rings. The van der Waals surface area contributed by atoms with Gasteiger partial charge in [0, 0.05) is 46.9 Å². The smallest absolute Gasteiger partial charge is 0.253 e. The molecule has 0 atom stereocenters. The monoisotopic (exact) mass is 484 g/mol. The summed E-state index contributed by atoms with van der Waals surface area (Å²) in [7, 11) is 0. The Balaban J connectivity index is 1.34. The number of nitrogens with zero attached hydrogens (tertiary/aromatic N) is 5. The first kappa shape index (κ1) is 21.1. The Kier molecular flexibility index (Phi) is 4.82. The number of anilines is 2. The third-order valence-electron chi connectivity index (χ3n) is 6.46. The van der Waals surface area contributed by atoms with Crippen molar-refractivity contribution in [1.82, 2.24) is 24.3 Å². The molecule has 8 nitrogen and oxygen atoms in total. The molecule has 0 spiro atoms. The predicted molar refractivity (Wildman–Crippen MR) is 141 cm³/mol. The average Bonchev–Trinajstić information content (AvgIpc) is 3.48. The highest BCUT2D eigenvalue weighted by molar-refractivity contribution is 5.76. The quantitative estimate of drug-likeness (QED) is 0.357. The Labute approximate surface area is 211 Å². The minimum Gasteiger partial charge on any atom is -0.457 e. The number of benzene rings is 3. The maximum atomic E-state index is 13.4. The van der Waals surface area contributed by atoms with Crippen LogP contribution in [0.1, 0.15) is 17.2 Å². The van der Waals surface area contributed by atoms with Crippen molar-refractivity contribution in [2.24, 2.45) is 0 Å². The average molecular weight is 485 g/mol. The molecule has 4 heterocycles. The maximum absolute atomic E-state index is 13.4. The van der Waals surface area contributed by atoms with E-state index in [1.807, 2.05) is 85.1 Å². The third-order valence-corrected chi connectivity index (χ3v) is 6.46. The van der Waals surface area contributed by atoms with Gasteiger partial charge in [-0.2, -0.15) is 10.1 Å². The topological polar surface area (TPSA) is 86.9 Å². The van der Waals surface area contributed by atoms with Crippen molar-refractivity contribution in [3.8, 4) is 17.2 Å². The largest absolute Gasteiger partial charge is 0.457 e. The predicted octanol–water partition coefficient (Wildman–Crippen LogP) is 5.46. The molecule has 1 N–H and O–H groups in total. The number of pyridine rings is 1. The molecule has 0 unspecified atom stereocenters. The maximum Gasteiger partial charge on any atom is 0.253 e. The molecule has 0 radical (unpaired) electrons. The van der Waals surface area contributed by atoms with Crippen molar-refractivity contribution in [3.05, 3.63) is 131 Å². The molecule has 0 bridgehead atoms. The Hall–Kier alpha value is -5.24. The first-order valence-corrected chi connectivity index (χ1v) is 11.9. The lowest BCUT2D eigenvalue weighted by molar-refractivity contribution is 0.434. The van der Waals surface area contributed by atoms with E-state index in [0.717, 1.165) is 39.4 Å². The summed E-state index contributed by atoms with van der Waals surface area (Å²) in [5.41, 5.74) is 3.95. The Morgan fingerprint density at radius 1 is 0.811 bits per heavy atom. The van der Waals surface area contributed by atoms with Gasteiger partial charge in [-0.05, 0) is 48.5 Å². The van der Waals surface area contributed by atoms with Gasteiger partial charge in [0.1, 0.15) is 17.1 Å². The van der Waals surface area contributed by atoms with Gasteiger partial charge in [-0.25, -0.2) is 9.67 Å². The summed E-state index contributed by atoms with van der Waals surface area (Å²) in [4.78, 5) is 22.7. The second kappa shape index (κ2) is 8.46. The molecule has 1 aliphatic rings. The zero-order valence-electron chi connectivity index (χ0n) is 19.5. The summed E-state index contributed by atoms with van der Waals surface area (Å²) in [6, 6.07) is 28.2. The highest BCUT2D eigenvalue weighted by atomic mass is 16.5. The van der Waals surface area contributed by atoms with Gasteiger partial charge in [0.15, 0.2) is 0 Å². The fourth-order valence-electron chi connectivity index (χ4n) is 4.76.